The highest BCUT2D eigenvalue weighted by Crippen LogP contribution is 2.35. The van der Waals surface area contributed by atoms with E-state index in [4.69, 9.17) is 0 Å². The molecule has 1 aliphatic carbocycles. The van der Waals surface area contributed by atoms with Crippen molar-refractivity contribution in [3.8, 4) is 11.1 Å². The number of carbonyl (C=O) groups is 2. The summed E-state index contributed by atoms with van der Waals surface area (Å²) in [7, 11) is 0. The van der Waals surface area contributed by atoms with Gasteiger partial charge in [0.2, 0.25) is 0 Å². The second-order valence-corrected chi connectivity index (χ2v) is 5.41. The molecule has 0 bridgehead atoms. The lowest BCUT2D eigenvalue weighted by atomic mass is 9.80. The van der Waals surface area contributed by atoms with Gasteiger partial charge in [-0.2, -0.15) is 0 Å². The highest BCUT2D eigenvalue weighted by atomic mass is 19.1. The van der Waals surface area contributed by atoms with E-state index in [9.17, 15) is 14.0 Å². The Morgan fingerprint density at radius 3 is 1.74 bits per heavy atom. The van der Waals surface area contributed by atoms with Gasteiger partial charge in [-0.15, -0.1) is 0 Å². The third kappa shape index (κ3) is 1.94. The quantitative estimate of drug-likeness (QED) is 0.526. The van der Waals surface area contributed by atoms with Crippen molar-refractivity contribution < 1.29 is 14.0 Å². The maximum atomic E-state index is 14.2. The highest BCUT2D eigenvalue weighted by molar-refractivity contribution is 6.30. The molecule has 0 fully saturated rings. The molecule has 3 aromatic carbocycles. The maximum absolute atomic E-state index is 14.2. The van der Waals surface area contributed by atoms with Crippen molar-refractivity contribution in [3.63, 3.8) is 0 Å². The summed E-state index contributed by atoms with van der Waals surface area (Å²) in [5.74, 6) is -0.859. The van der Waals surface area contributed by atoms with Crippen LogP contribution in [0.2, 0.25) is 0 Å². The van der Waals surface area contributed by atoms with Crippen LogP contribution in [0.25, 0.3) is 11.1 Å². The van der Waals surface area contributed by atoms with E-state index in [1.807, 2.05) is 0 Å². The summed E-state index contributed by atoms with van der Waals surface area (Å²) >= 11 is 0. The Morgan fingerprint density at radius 2 is 1.04 bits per heavy atom. The summed E-state index contributed by atoms with van der Waals surface area (Å²) in [6.07, 6.45) is 0. The first-order chi connectivity index (χ1) is 11.2. The van der Waals surface area contributed by atoms with Crippen LogP contribution < -0.4 is 0 Å². The van der Waals surface area contributed by atoms with Gasteiger partial charge < -0.3 is 0 Å². The van der Waals surface area contributed by atoms with Crippen molar-refractivity contribution in [2.24, 2.45) is 0 Å². The Hall–Kier alpha value is -3.07. The minimum Gasteiger partial charge on any atom is -0.289 e. The lowest BCUT2D eigenvalue weighted by Crippen LogP contribution is -2.21. The second kappa shape index (κ2) is 4.99. The van der Waals surface area contributed by atoms with Crippen LogP contribution in [0, 0.1) is 5.82 Å². The minimum absolute atomic E-state index is 0.201. The fraction of sp³-hybridized carbons (Fsp3) is 0. The smallest absolute Gasteiger partial charge is 0.195 e. The molecule has 2 nitrogen and oxygen atoms in total. The zero-order valence-electron chi connectivity index (χ0n) is 12.0. The molecule has 0 N–H and O–H groups in total. The van der Waals surface area contributed by atoms with Gasteiger partial charge in [0.25, 0.3) is 0 Å². The first-order valence-corrected chi connectivity index (χ1v) is 7.25. The topological polar surface area (TPSA) is 34.1 Å². The Kier molecular flexibility index (Phi) is 2.95. The van der Waals surface area contributed by atoms with Gasteiger partial charge in [0.15, 0.2) is 11.6 Å². The number of benzene rings is 3. The van der Waals surface area contributed by atoms with Crippen LogP contribution in [0.1, 0.15) is 31.8 Å². The van der Waals surface area contributed by atoms with E-state index in [2.05, 4.69) is 0 Å². The van der Waals surface area contributed by atoms with Gasteiger partial charge in [-0.05, 0) is 11.6 Å². The average Bonchev–Trinajstić information content (AvgIpc) is 2.59. The van der Waals surface area contributed by atoms with Crippen molar-refractivity contribution in [2.45, 2.75) is 0 Å². The molecule has 0 atom stereocenters. The summed E-state index contributed by atoms with van der Waals surface area (Å²) < 4.78 is 14.2. The van der Waals surface area contributed by atoms with E-state index in [1.54, 1.807) is 60.7 Å². The van der Waals surface area contributed by atoms with Crippen LogP contribution in [-0.4, -0.2) is 11.6 Å². The summed E-state index contributed by atoms with van der Waals surface area (Å²) in [5.41, 5.74) is 2.15. The Morgan fingerprint density at radius 1 is 0.522 bits per heavy atom. The van der Waals surface area contributed by atoms with Gasteiger partial charge in [-0.1, -0.05) is 60.7 Å². The number of fused-ring (bicyclic) bond motifs is 2. The molecule has 0 heterocycles. The molecular weight excluding hydrogens is 291 g/mol. The number of ketones is 2. The van der Waals surface area contributed by atoms with Crippen molar-refractivity contribution in [2.75, 3.05) is 0 Å². The lowest BCUT2D eigenvalue weighted by Gasteiger charge is -2.20. The highest BCUT2D eigenvalue weighted by Gasteiger charge is 2.31. The fourth-order valence-electron chi connectivity index (χ4n) is 3.05. The van der Waals surface area contributed by atoms with E-state index in [0.29, 0.717) is 27.8 Å². The largest absolute Gasteiger partial charge is 0.289 e. The minimum atomic E-state index is -0.417. The number of hydrogen-bond acceptors (Lipinski definition) is 2. The molecule has 0 amide bonds. The molecule has 3 heteroatoms. The average molecular weight is 302 g/mol. The molecule has 0 aliphatic heterocycles. The molecule has 0 unspecified atom stereocenters. The number of carbonyl (C=O) groups excluding carboxylic acids is 2. The summed E-state index contributed by atoms with van der Waals surface area (Å²) in [4.78, 5) is 25.6. The third-order valence-corrected chi connectivity index (χ3v) is 4.12. The van der Waals surface area contributed by atoms with Crippen LogP contribution in [-0.2, 0) is 0 Å². The first kappa shape index (κ1) is 13.6. The van der Waals surface area contributed by atoms with Crippen LogP contribution in [0.15, 0.2) is 66.7 Å². The second-order valence-electron chi connectivity index (χ2n) is 5.41. The van der Waals surface area contributed by atoms with Crippen LogP contribution in [0.5, 0.6) is 0 Å². The fourth-order valence-corrected chi connectivity index (χ4v) is 3.05. The molecule has 0 aromatic heterocycles. The van der Waals surface area contributed by atoms with E-state index < -0.39 is 5.82 Å². The lowest BCUT2D eigenvalue weighted by molar-refractivity contribution is 0.0979. The van der Waals surface area contributed by atoms with E-state index in [-0.39, 0.29) is 17.1 Å². The molecule has 4 rings (SSSR count). The third-order valence-electron chi connectivity index (χ3n) is 4.12. The van der Waals surface area contributed by atoms with Gasteiger partial charge in [-0.25, -0.2) is 4.39 Å². The van der Waals surface area contributed by atoms with E-state index in [0.717, 1.165) is 0 Å². The Bertz CT molecular complexity index is 973. The van der Waals surface area contributed by atoms with Gasteiger partial charge in [0.05, 0.1) is 0 Å². The molecule has 0 saturated heterocycles. The molecule has 3 aromatic rings. The predicted octanol–water partition coefficient (Wildman–Crippen LogP) is 4.27. The van der Waals surface area contributed by atoms with Crippen LogP contribution in [0.3, 0.4) is 0 Å². The molecule has 0 spiro atoms. The molecule has 23 heavy (non-hydrogen) atoms. The van der Waals surface area contributed by atoms with Gasteiger partial charge in [-0.3, -0.25) is 9.59 Å². The van der Waals surface area contributed by atoms with Crippen molar-refractivity contribution in [1.29, 1.82) is 0 Å². The summed E-state index contributed by atoms with van der Waals surface area (Å²) in [6.45, 7) is 0. The van der Waals surface area contributed by atoms with Crippen molar-refractivity contribution in [3.05, 3.63) is 94.8 Å². The van der Waals surface area contributed by atoms with Gasteiger partial charge in [0.1, 0.15) is 5.82 Å². The zero-order valence-corrected chi connectivity index (χ0v) is 12.0. The molecule has 0 saturated carbocycles. The van der Waals surface area contributed by atoms with E-state index >= 15 is 0 Å². The van der Waals surface area contributed by atoms with Crippen molar-refractivity contribution >= 4 is 11.6 Å². The predicted molar refractivity (Wildman–Crippen MR) is 85.1 cm³/mol. The first-order valence-electron chi connectivity index (χ1n) is 7.25. The number of hydrogen-bond donors (Lipinski definition) is 0. The van der Waals surface area contributed by atoms with Crippen LogP contribution in [0.4, 0.5) is 4.39 Å². The molecule has 0 radical (unpaired) electrons. The monoisotopic (exact) mass is 302 g/mol. The Balaban J connectivity index is 2.03. The van der Waals surface area contributed by atoms with Crippen LogP contribution >= 0.6 is 0 Å². The normalized spacial score (nSPS) is 12.7. The van der Waals surface area contributed by atoms with Gasteiger partial charge in [0, 0.05) is 27.8 Å². The summed E-state index contributed by atoms with van der Waals surface area (Å²) in [5, 5.41) is 0. The van der Waals surface area contributed by atoms with Crippen molar-refractivity contribution in [1.82, 2.24) is 0 Å². The standard InChI is InChI=1S/C20H11FO2/c21-17-11-4-3-6-12(17)13-9-5-10-16-18(13)20(23)15-8-2-1-7-14(15)19(16)22/h1-11H. The number of halogens is 1. The van der Waals surface area contributed by atoms with Gasteiger partial charge >= 0.3 is 0 Å². The SMILES string of the molecule is O=C1c2ccccc2C(=O)c2c1cccc2-c1ccccc1F. The zero-order chi connectivity index (χ0) is 16.0. The number of rotatable bonds is 1. The van der Waals surface area contributed by atoms with E-state index in [1.165, 1.54) is 6.07 Å². The Labute approximate surface area is 132 Å². The maximum Gasteiger partial charge on any atom is 0.195 e. The molecule has 1 aliphatic rings. The molecular formula is C20H11FO2. The molecule has 110 valence electrons. The summed E-state index contributed by atoms with van der Waals surface area (Å²) in [6, 6.07) is 18.0.